The first-order valence-corrected chi connectivity index (χ1v) is 17.6. The molecule has 0 aliphatic carbocycles. The fraction of sp³-hybridized carbons (Fsp3) is 0.658. The van der Waals surface area contributed by atoms with Crippen LogP contribution >= 0.6 is 0 Å². The van der Waals surface area contributed by atoms with Gasteiger partial charge < -0.3 is 29.3 Å². The number of carbonyl (C=O) groups excluding carboxylic acids is 3. The fourth-order valence-electron chi connectivity index (χ4n) is 8.81. The summed E-state index contributed by atoms with van der Waals surface area (Å²) in [4.78, 5) is 50.0. The molecule has 4 aliphatic rings. The molecule has 0 bridgehead atoms. The molecule has 3 amide bonds. The van der Waals surface area contributed by atoms with Crippen LogP contribution in [0, 0.1) is 17.3 Å². The van der Waals surface area contributed by atoms with Gasteiger partial charge in [-0.25, -0.2) is 0 Å². The lowest BCUT2D eigenvalue weighted by molar-refractivity contribution is -0.156. The summed E-state index contributed by atoms with van der Waals surface area (Å²) >= 11 is 0. The normalized spacial score (nSPS) is 29.1. The molecule has 5 atom stereocenters. The first-order chi connectivity index (χ1) is 22.2. The van der Waals surface area contributed by atoms with Crippen molar-refractivity contribution >= 4 is 23.4 Å². The number of aliphatic hydroxyl groups is 1. The number of amides is 3. The van der Waals surface area contributed by atoms with Crippen LogP contribution in [-0.2, 0) is 19.1 Å². The lowest BCUT2D eigenvalue weighted by Gasteiger charge is -2.45. The lowest BCUT2D eigenvalue weighted by atomic mass is 9.72. The van der Waals surface area contributed by atoms with Gasteiger partial charge in [0.15, 0.2) is 0 Å². The summed E-state index contributed by atoms with van der Waals surface area (Å²) in [6.07, 6.45) is 12.2. The quantitative estimate of drug-likeness (QED) is 0.237. The Morgan fingerprint density at radius 1 is 0.872 bits per heavy atom. The summed E-state index contributed by atoms with van der Waals surface area (Å²) in [6.45, 7) is 16.5. The van der Waals surface area contributed by atoms with Crippen molar-refractivity contribution in [3.8, 4) is 5.75 Å². The predicted octanol–water partition coefficient (Wildman–Crippen LogP) is 5.52. The van der Waals surface area contributed by atoms with Crippen molar-refractivity contribution in [3.63, 3.8) is 0 Å². The van der Waals surface area contributed by atoms with Crippen LogP contribution < -0.4 is 9.64 Å². The zero-order chi connectivity index (χ0) is 34.2. The minimum atomic E-state index is -1.28. The molecule has 2 saturated heterocycles. The maximum Gasteiger partial charge on any atom is 0.249 e. The van der Waals surface area contributed by atoms with Crippen molar-refractivity contribution in [1.82, 2.24) is 9.80 Å². The monoisotopic (exact) mass is 649 g/mol. The molecular weight excluding hydrogens is 594 g/mol. The summed E-state index contributed by atoms with van der Waals surface area (Å²) in [5.41, 5.74) is -2.10. The van der Waals surface area contributed by atoms with Crippen molar-refractivity contribution < 1.29 is 29.0 Å². The molecule has 1 aromatic carbocycles. The molecule has 0 saturated carbocycles. The second-order valence-electron chi connectivity index (χ2n) is 15.5. The second-order valence-corrected chi connectivity index (χ2v) is 15.5. The number of hydrogen-bond acceptors (Lipinski definition) is 6. The van der Waals surface area contributed by atoms with Gasteiger partial charge in [-0.3, -0.25) is 14.4 Å². The molecule has 4 heterocycles. The van der Waals surface area contributed by atoms with E-state index in [1.54, 1.807) is 9.80 Å². The summed E-state index contributed by atoms with van der Waals surface area (Å²) in [7, 11) is 0. The first-order valence-electron chi connectivity index (χ1n) is 17.6. The van der Waals surface area contributed by atoms with Gasteiger partial charge in [-0.1, -0.05) is 64.8 Å². The van der Waals surface area contributed by atoms with Crippen LogP contribution in [0.1, 0.15) is 87.0 Å². The number of carbonyl (C=O) groups is 3. The molecule has 9 heteroatoms. The van der Waals surface area contributed by atoms with Crippen LogP contribution in [0.25, 0.3) is 0 Å². The number of fused-ring (bicyclic) bond motifs is 2. The maximum absolute atomic E-state index is 15.0. The van der Waals surface area contributed by atoms with Crippen LogP contribution in [-0.4, -0.2) is 88.3 Å². The van der Waals surface area contributed by atoms with E-state index in [1.807, 2.05) is 67.3 Å². The Balaban J connectivity index is 1.58. The maximum atomic E-state index is 15.0. The smallest absolute Gasteiger partial charge is 0.249 e. The summed E-state index contributed by atoms with van der Waals surface area (Å²) in [5, 5.41) is 9.29. The Morgan fingerprint density at radius 2 is 1.55 bits per heavy atom. The van der Waals surface area contributed by atoms with E-state index < -0.39 is 34.6 Å². The van der Waals surface area contributed by atoms with Gasteiger partial charge in [0, 0.05) is 37.5 Å². The van der Waals surface area contributed by atoms with E-state index in [0.717, 1.165) is 30.7 Å². The van der Waals surface area contributed by atoms with Crippen LogP contribution in [0.3, 0.4) is 0 Å². The minimum Gasteiger partial charge on any atom is -0.494 e. The van der Waals surface area contributed by atoms with Crippen LogP contribution in [0.15, 0.2) is 48.6 Å². The number of unbranched alkanes of at least 4 members (excludes halogenated alkanes) is 3. The Bertz CT molecular complexity index is 1380. The highest BCUT2D eigenvalue weighted by atomic mass is 16.5. The van der Waals surface area contributed by atoms with Gasteiger partial charge in [0.05, 0.1) is 24.0 Å². The third-order valence-electron chi connectivity index (χ3n) is 10.4. The summed E-state index contributed by atoms with van der Waals surface area (Å²) in [5.74, 6) is -1.42. The fourth-order valence-corrected chi connectivity index (χ4v) is 8.81. The number of aliphatic hydroxyl groups excluding tert-OH is 1. The van der Waals surface area contributed by atoms with Gasteiger partial charge in [-0.2, -0.15) is 0 Å². The third-order valence-corrected chi connectivity index (χ3v) is 10.4. The topological polar surface area (TPSA) is 99.6 Å². The molecule has 258 valence electrons. The predicted molar refractivity (Wildman–Crippen MR) is 183 cm³/mol. The minimum absolute atomic E-state index is 0.0250. The molecule has 9 nitrogen and oxygen atoms in total. The Morgan fingerprint density at radius 3 is 2.19 bits per heavy atom. The first kappa shape index (κ1) is 35.1. The number of hydrogen-bond donors (Lipinski definition) is 1. The van der Waals surface area contributed by atoms with Gasteiger partial charge in [0.1, 0.15) is 17.4 Å². The zero-order valence-corrected chi connectivity index (χ0v) is 29.5. The van der Waals surface area contributed by atoms with E-state index >= 15 is 0 Å². The van der Waals surface area contributed by atoms with Gasteiger partial charge in [-0.15, -0.1) is 0 Å². The standard InChI is InChI=1S/C38H55N3O6/c1-8-37-20-14-23-39(27-16-18-28(19-17-27)46-9-2)32(43)29(37)30-33(44)40(22-12-10-11-13-25-42)31-34(45)41(24-15-21-38(30,31)47-37)36(6,7)26-35(3,4)5/h14-21,29-31,42H,8-13,22-26H2,1-7H3/t29-,30-,31?,37+,38-/m0/s1. The van der Waals surface area contributed by atoms with E-state index in [0.29, 0.717) is 45.5 Å². The molecular formula is C38H55N3O6. The molecule has 0 aromatic heterocycles. The molecule has 5 rings (SSSR count). The molecule has 1 N–H and O–H groups in total. The van der Waals surface area contributed by atoms with Crippen molar-refractivity contribution in [1.29, 1.82) is 0 Å². The Labute approximate surface area is 280 Å². The number of anilines is 1. The SMILES string of the molecule is CCOc1ccc(N2CC=C[C@@]3(CC)O[C@]45C=CCN(C(C)(C)CC(C)(C)C)C(=O)C4N(CCCCCCO)C(=O)[C@@H]5[C@H]3C2=O)cc1. The molecule has 47 heavy (non-hydrogen) atoms. The van der Waals surface area contributed by atoms with Gasteiger partial charge in [-0.05, 0) is 76.1 Å². The van der Waals surface area contributed by atoms with Gasteiger partial charge in [0.25, 0.3) is 0 Å². The summed E-state index contributed by atoms with van der Waals surface area (Å²) in [6, 6.07) is 6.59. The molecule has 1 unspecified atom stereocenters. The van der Waals surface area contributed by atoms with Crippen LogP contribution in [0.2, 0.25) is 0 Å². The highest BCUT2D eigenvalue weighted by Crippen LogP contribution is 2.59. The van der Waals surface area contributed by atoms with E-state index in [1.165, 1.54) is 0 Å². The molecule has 0 radical (unpaired) electrons. The number of likely N-dealkylation sites (tertiary alicyclic amines) is 1. The Hall–Kier alpha value is -3.17. The molecule has 4 aliphatic heterocycles. The van der Waals surface area contributed by atoms with Crippen molar-refractivity contribution in [2.75, 3.05) is 37.7 Å². The molecule has 2 fully saturated rings. The average molecular weight is 650 g/mol. The average Bonchev–Trinajstić information content (AvgIpc) is 3.28. The van der Waals surface area contributed by atoms with Gasteiger partial charge >= 0.3 is 0 Å². The lowest BCUT2D eigenvalue weighted by Crippen LogP contribution is -2.60. The summed E-state index contributed by atoms with van der Waals surface area (Å²) < 4.78 is 12.8. The number of benzene rings is 1. The van der Waals surface area contributed by atoms with Gasteiger partial charge in [0.2, 0.25) is 17.7 Å². The second kappa shape index (κ2) is 13.4. The third kappa shape index (κ3) is 6.38. The number of ether oxygens (including phenoxy) is 2. The van der Waals surface area contributed by atoms with E-state index in [2.05, 4.69) is 34.6 Å². The molecule has 1 spiro atoms. The van der Waals surface area contributed by atoms with Crippen molar-refractivity contribution in [2.45, 2.75) is 110 Å². The molecule has 1 aromatic rings. The number of rotatable bonds is 12. The van der Waals surface area contributed by atoms with E-state index in [4.69, 9.17) is 9.47 Å². The van der Waals surface area contributed by atoms with Crippen molar-refractivity contribution in [2.24, 2.45) is 17.3 Å². The number of nitrogens with zero attached hydrogens (tertiary/aromatic N) is 3. The van der Waals surface area contributed by atoms with E-state index in [9.17, 15) is 19.5 Å². The van der Waals surface area contributed by atoms with E-state index in [-0.39, 0.29) is 29.7 Å². The highest BCUT2D eigenvalue weighted by Gasteiger charge is 2.75. The van der Waals surface area contributed by atoms with Crippen LogP contribution in [0.5, 0.6) is 5.75 Å². The zero-order valence-electron chi connectivity index (χ0n) is 29.5. The van der Waals surface area contributed by atoms with Crippen molar-refractivity contribution in [3.05, 3.63) is 48.6 Å². The van der Waals surface area contributed by atoms with Crippen LogP contribution in [0.4, 0.5) is 5.69 Å². The Kier molecular flexibility index (Phi) is 10.0. The highest BCUT2D eigenvalue weighted by molar-refractivity contribution is 6.04. The largest absolute Gasteiger partial charge is 0.494 e.